The topological polar surface area (TPSA) is 58.2 Å². The molecule has 120 valence electrons. The van der Waals surface area contributed by atoms with Crippen molar-refractivity contribution >= 4 is 34.0 Å². The molecule has 0 unspecified atom stereocenters. The molecule has 1 fully saturated rings. The van der Waals surface area contributed by atoms with Crippen molar-refractivity contribution in [3.8, 4) is 0 Å². The Balaban J connectivity index is 0.00000220. The second-order valence-corrected chi connectivity index (χ2v) is 7.20. The van der Waals surface area contributed by atoms with Gasteiger partial charge in [0.05, 0.1) is 10.8 Å². The molecule has 21 heavy (non-hydrogen) atoms. The number of halogens is 3. The molecule has 0 amide bonds. The van der Waals surface area contributed by atoms with Gasteiger partial charge in [-0.25, -0.2) is 17.5 Å². The average molecular weight is 357 g/mol. The number of hydrogen-bond donors (Lipinski definition) is 2. The Morgan fingerprint density at radius 2 is 2.19 bits per heavy atom. The van der Waals surface area contributed by atoms with Crippen LogP contribution in [0.15, 0.2) is 18.2 Å². The van der Waals surface area contributed by atoms with E-state index in [1.54, 1.807) is 0 Å². The number of rotatable bonds is 6. The molecular weight excluding hydrogens is 338 g/mol. The van der Waals surface area contributed by atoms with Crippen LogP contribution in [0.2, 0.25) is 5.02 Å². The first kappa shape index (κ1) is 18.6. The van der Waals surface area contributed by atoms with Gasteiger partial charge in [0.2, 0.25) is 10.0 Å². The molecular formula is C13H19Cl2FN2O2S. The van der Waals surface area contributed by atoms with Crippen molar-refractivity contribution in [3.63, 3.8) is 0 Å². The summed E-state index contributed by atoms with van der Waals surface area (Å²) in [4.78, 5) is 0. The highest BCUT2D eigenvalue weighted by Crippen LogP contribution is 2.17. The first-order valence-corrected chi connectivity index (χ1v) is 8.64. The molecule has 2 rings (SSSR count). The lowest BCUT2D eigenvalue weighted by Crippen LogP contribution is -2.31. The van der Waals surface area contributed by atoms with Crippen molar-refractivity contribution in [1.29, 1.82) is 0 Å². The molecule has 1 atom stereocenters. The molecule has 1 aromatic rings. The van der Waals surface area contributed by atoms with Crippen LogP contribution in [0.5, 0.6) is 0 Å². The van der Waals surface area contributed by atoms with E-state index in [2.05, 4.69) is 10.0 Å². The van der Waals surface area contributed by atoms with Crippen LogP contribution in [-0.2, 0) is 15.8 Å². The maximum Gasteiger partial charge on any atom is 0.215 e. The number of sulfonamides is 1. The quantitative estimate of drug-likeness (QED) is 0.822. The van der Waals surface area contributed by atoms with Gasteiger partial charge in [-0.1, -0.05) is 17.7 Å². The first-order chi connectivity index (χ1) is 9.46. The van der Waals surface area contributed by atoms with Crippen molar-refractivity contribution in [2.45, 2.75) is 31.1 Å². The first-order valence-electron chi connectivity index (χ1n) is 6.61. The van der Waals surface area contributed by atoms with Crippen LogP contribution in [0.3, 0.4) is 0 Å². The minimum absolute atomic E-state index is 0. The van der Waals surface area contributed by atoms with E-state index in [1.807, 2.05) is 0 Å². The maximum atomic E-state index is 13.0. The molecule has 8 heteroatoms. The van der Waals surface area contributed by atoms with Crippen LogP contribution in [0.25, 0.3) is 0 Å². The normalized spacial score (nSPS) is 18.5. The second kappa shape index (κ2) is 8.29. The molecule has 0 aliphatic carbocycles. The summed E-state index contributed by atoms with van der Waals surface area (Å²) in [5.41, 5.74) is 0.475. The fraction of sp³-hybridized carbons (Fsp3) is 0.538. The van der Waals surface area contributed by atoms with E-state index in [1.165, 1.54) is 18.2 Å². The van der Waals surface area contributed by atoms with E-state index < -0.39 is 15.8 Å². The zero-order valence-corrected chi connectivity index (χ0v) is 13.8. The molecule has 1 aliphatic heterocycles. The van der Waals surface area contributed by atoms with Crippen LogP contribution >= 0.6 is 24.0 Å². The van der Waals surface area contributed by atoms with Gasteiger partial charge in [0, 0.05) is 12.6 Å². The summed E-state index contributed by atoms with van der Waals surface area (Å²) in [6.07, 6.45) is 3.02. The number of benzene rings is 1. The fourth-order valence-electron chi connectivity index (χ4n) is 2.29. The van der Waals surface area contributed by atoms with Gasteiger partial charge in [0.15, 0.2) is 0 Å². The van der Waals surface area contributed by atoms with Gasteiger partial charge >= 0.3 is 0 Å². The molecule has 1 aromatic carbocycles. The van der Waals surface area contributed by atoms with E-state index in [9.17, 15) is 12.8 Å². The van der Waals surface area contributed by atoms with Crippen molar-refractivity contribution in [1.82, 2.24) is 10.0 Å². The number of nitrogens with one attached hydrogen (secondary N) is 2. The third-order valence-corrected chi connectivity index (χ3v) is 4.96. The number of hydrogen-bond acceptors (Lipinski definition) is 3. The van der Waals surface area contributed by atoms with Crippen molar-refractivity contribution in [2.75, 3.05) is 13.1 Å². The maximum absolute atomic E-state index is 13.0. The zero-order chi connectivity index (χ0) is 14.6. The Morgan fingerprint density at radius 1 is 1.43 bits per heavy atom. The van der Waals surface area contributed by atoms with Crippen LogP contribution < -0.4 is 10.0 Å². The molecule has 4 nitrogen and oxygen atoms in total. The lowest BCUT2D eigenvalue weighted by molar-refractivity contribution is 0.539. The SMILES string of the molecule is Cl.O=S(=O)(Cc1ccc(F)c(Cl)c1)NCC[C@H]1CCCN1. The molecule has 1 aliphatic rings. The molecule has 0 aromatic heterocycles. The molecule has 0 saturated carbocycles. The van der Waals surface area contributed by atoms with Crippen molar-refractivity contribution < 1.29 is 12.8 Å². The second-order valence-electron chi connectivity index (χ2n) is 4.98. The van der Waals surface area contributed by atoms with Gasteiger partial charge in [-0.05, 0) is 43.5 Å². The van der Waals surface area contributed by atoms with E-state index >= 15 is 0 Å². The predicted molar refractivity (Wildman–Crippen MR) is 84.9 cm³/mol. The van der Waals surface area contributed by atoms with Gasteiger partial charge in [-0.3, -0.25) is 0 Å². The average Bonchev–Trinajstić information content (AvgIpc) is 2.86. The largest absolute Gasteiger partial charge is 0.314 e. The minimum Gasteiger partial charge on any atom is -0.314 e. The van der Waals surface area contributed by atoms with Gasteiger partial charge in [0.25, 0.3) is 0 Å². The van der Waals surface area contributed by atoms with E-state index in [0.29, 0.717) is 18.2 Å². The summed E-state index contributed by atoms with van der Waals surface area (Å²) in [6.45, 7) is 1.42. The standard InChI is InChI=1S/C13H18ClFN2O2S.ClH/c14-12-8-10(3-4-13(12)15)9-20(18,19)17-7-5-11-2-1-6-16-11;/h3-4,8,11,16-17H,1-2,5-7,9H2;1H/t11-;/m1./s1. The van der Waals surface area contributed by atoms with Crippen LogP contribution in [0, 0.1) is 5.82 Å². The third-order valence-electron chi connectivity index (χ3n) is 3.32. The summed E-state index contributed by atoms with van der Waals surface area (Å²) < 4.78 is 39.4. The lowest BCUT2D eigenvalue weighted by Gasteiger charge is -2.11. The van der Waals surface area contributed by atoms with E-state index in [4.69, 9.17) is 11.6 Å². The van der Waals surface area contributed by atoms with Crippen LogP contribution in [-0.4, -0.2) is 27.5 Å². The highest BCUT2D eigenvalue weighted by atomic mass is 35.5. The molecule has 1 heterocycles. The van der Waals surface area contributed by atoms with E-state index in [0.717, 1.165) is 25.8 Å². The van der Waals surface area contributed by atoms with E-state index in [-0.39, 0.29) is 23.2 Å². The molecule has 0 bridgehead atoms. The fourth-order valence-corrected chi connectivity index (χ4v) is 3.64. The molecule has 0 spiro atoms. The van der Waals surface area contributed by atoms with Crippen molar-refractivity contribution in [2.24, 2.45) is 0 Å². The Hall–Kier alpha value is -0.400. The Bertz CT molecular complexity index is 563. The molecule has 1 saturated heterocycles. The summed E-state index contributed by atoms with van der Waals surface area (Å²) in [7, 11) is -3.41. The van der Waals surface area contributed by atoms with Crippen LogP contribution in [0.4, 0.5) is 4.39 Å². The van der Waals surface area contributed by atoms with Gasteiger partial charge in [0.1, 0.15) is 5.82 Å². The summed E-state index contributed by atoms with van der Waals surface area (Å²) in [5, 5.41) is 3.25. The predicted octanol–water partition coefficient (Wildman–Crippen LogP) is 2.46. The summed E-state index contributed by atoms with van der Waals surface area (Å²) in [5.74, 6) is -0.737. The smallest absolute Gasteiger partial charge is 0.215 e. The highest BCUT2D eigenvalue weighted by Gasteiger charge is 2.16. The van der Waals surface area contributed by atoms with Crippen molar-refractivity contribution in [3.05, 3.63) is 34.6 Å². The van der Waals surface area contributed by atoms with Gasteiger partial charge < -0.3 is 5.32 Å². The Labute approximate surface area is 135 Å². The monoisotopic (exact) mass is 356 g/mol. The van der Waals surface area contributed by atoms with Crippen LogP contribution in [0.1, 0.15) is 24.8 Å². The molecule has 0 radical (unpaired) electrons. The van der Waals surface area contributed by atoms with Gasteiger partial charge in [-0.15, -0.1) is 12.4 Å². The lowest BCUT2D eigenvalue weighted by atomic mass is 10.2. The molecule has 2 N–H and O–H groups in total. The minimum atomic E-state index is -3.41. The highest BCUT2D eigenvalue weighted by molar-refractivity contribution is 7.88. The Kier molecular flexibility index (Phi) is 7.36. The third kappa shape index (κ3) is 6.08. The summed E-state index contributed by atoms with van der Waals surface area (Å²) in [6, 6.07) is 4.35. The van der Waals surface area contributed by atoms with Gasteiger partial charge in [-0.2, -0.15) is 0 Å². The summed E-state index contributed by atoms with van der Waals surface area (Å²) >= 11 is 5.63. The zero-order valence-electron chi connectivity index (χ0n) is 11.4. The Morgan fingerprint density at radius 3 is 2.81 bits per heavy atom.